The van der Waals surface area contributed by atoms with E-state index >= 15 is 0 Å². The summed E-state index contributed by atoms with van der Waals surface area (Å²) in [4.78, 5) is 0. The smallest absolute Gasteiger partial charge is 0.186 e. The Morgan fingerprint density at radius 3 is 2.42 bits per heavy atom. The van der Waals surface area contributed by atoms with Gasteiger partial charge in [-0.1, -0.05) is 18.2 Å². The van der Waals surface area contributed by atoms with E-state index in [9.17, 15) is 8.42 Å². The van der Waals surface area contributed by atoms with Crippen molar-refractivity contribution >= 4 is 27.6 Å². The number of isothiocyanates is 1. The lowest BCUT2D eigenvalue weighted by Crippen LogP contribution is -2.29. The van der Waals surface area contributed by atoms with Gasteiger partial charge in [-0.3, -0.25) is 0 Å². The number of hydrogen-bond acceptors (Lipinski definition) is 3. The second-order valence-corrected chi connectivity index (χ2v) is 3.93. The Morgan fingerprint density at radius 2 is 2.08 bits per heavy atom. The van der Waals surface area contributed by atoms with Crippen LogP contribution in [-0.4, -0.2) is 31.0 Å². The summed E-state index contributed by atoms with van der Waals surface area (Å²) in [6.07, 6.45) is 0.764. The molecule has 4 nitrogen and oxygen atoms in total. The third-order valence-electron chi connectivity index (χ3n) is 1.30. The summed E-state index contributed by atoms with van der Waals surface area (Å²) >= 11 is 4.23. The predicted molar refractivity (Wildman–Crippen MR) is 51.5 cm³/mol. The fourth-order valence-electron chi connectivity index (χ4n) is 0.791. The normalized spacial score (nSPS) is 11.2. The molecule has 0 N–H and O–H groups in total. The van der Waals surface area contributed by atoms with Crippen LogP contribution in [0.3, 0.4) is 0 Å². The molecule has 0 aromatic heterocycles. The third kappa shape index (κ3) is 3.40. The predicted octanol–water partition coefficient (Wildman–Crippen LogP) is 1.07. The molecule has 0 bridgehead atoms. The van der Waals surface area contributed by atoms with Gasteiger partial charge in [0.05, 0.1) is 5.16 Å². The molecule has 0 atom stereocenters. The molecular weight excluding hydrogens is 196 g/mol. The van der Waals surface area contributed by atoms with Gasteiger partial charge in [-0.05, 0) is 18.6 Å². The summed E-state index contributed by atoms with van der Waals surface area (Å²) in [7, 11) is -3.54. The Labute approximate surface area is 78.5 Å². The van der Waals surface area contributed by atoms with Gasteiger partial charge in [0.2, 0.25) is 0 Å². The first-order valence-electron chi connectivity index (χ1n) is 3.67. The lowest BCUT2D eigenvalue weighted by molar-refractivity contribution is 0.428. The molecule has 0 aromatic rings. The average molecular weight is 208 g/mol. The number of rotatable bonds is 5. The minimum atomic E-state index is -3.54. The van der Waals surface area contributed by atoms with Crippen molar-refractivity contribution in [2.75, 3.05) is 13.1 Å². The summed E-state index contributed by atoms with van der Waals surface area (Å²) in [6.45, 7) is 4.54. The third-order valence-corrected chi connectivity index (χ3v) is 2.93. The van der Waals surface area contributed by atoms with E-state index < -0.39 is 10.2 Å². The molecule has 0 aliphatic heterocycles. The van der Waals surface area contributed by atoms with E-state index in [1.807, 2.05) is 12.1 Å². The molecule has 0 saturated heterocycles. The van der Waals surface area contributed by atoms with E-state index in [2.05, 4.69) is 16.6 Å². The lowest BCUT2D eigenvalue weighted by atomic mass is 10.5. The first kappa shape index (κ1) is 11.7. The van der Waals surface area contributed by atoms with Crippen LogP contribution >= 0.6 is 12.2 Å². The molecule has 0 aliphatic rings. The van der Waals surface area contributed by atoms with E-state index in [-0.39, 0.29) is 0 Å². The van der Waals surface area contributed by atoms with Crippen molar-refractivity contribution in [3.05, 3.63) is 0 Å². The number of nitrogens with zero attached hydrogens (tertiary/aromatic N) is 2. The molecule has 6 heteroatoms. The maximum Gasteiger partial charge on any atom is 0.330 e. The van der Waals surface area contributed by atoms with Crippen LogP contribution in [-0.2, 0) is 10.2 Å². The monoisotopic (exact) mass is 208 g/mol. The molecule has 0 aliphatic carbocycles. The van der Waals surface area contributed by atoms with Gasteiger partial charge < -0.3 is 0 Å². The SMILES string of the molecule is CCCN(CC)S(=O)(=O)N=C=S. The van der Waals surface area contributed by atoms with E-state index in [0.29, 0.717) is 13.1 Å². The molecule has 0 aromatic carbocycles. The standard InChI is InChI=1S/C6H12N2O2S2/c1-3-5-8(4-2)12(9,10)7-6-11/h3-5H2,1-2H3. The molecule has 0 heterocycles. The molecule has 0 spiro atoms. The van der Waals surface area contributed by atoms with E-state index in [1.54, 1.807) is 6.92 Å². The summed E-state index contributed by atoms with van der Waals surface area (Å²) in [5.74, 6) is 0. The Bertz CT molecular complexity index is 267. The van der Waals surface area contributed by atoms with E-state index in [1.165, 1.54) is 4.31 Å². The van der Waals surface area contributed by atoms with Crippen LogP contribution in [0.15, 0.2) is 4.40 Å². The van der Waals surface area contributed by atoms with Crippen molar-refractivity contribution in [2.45, 2.75) is 20.3 Å². The highest BCUT2D eigenvalue weighted by Gasteiger charge is 2.16. The molecule has 0 amide bonds. The summed E-state index contributed by atoms with van der Waals surface area (Å²) in [5, 5.41) is 1.86. The topological polar surface area (TPSA) is 49.7 Å². The molecule has 0 fully saturated rings. The van der Waals surface area contributed by atoms with Gasteiger partial charge in [0.15, 0.2) is 0 Å². The largest absolute Gasteiger partial charge is 0.330 e. The van der Waals surface area contributed by atoms with E-state index in [4.69, 9.17) is 0 Å². The highest BCUT2D eigenvalue weighted by atomic mass is 32.2. The number of hydrogen-bond donors (Lipinski definition) is 0. The van der Waals surface area contributed by atoms with Crippen molar-refractivity contribution in [2.24, 2.45) is 4.40 Å². The lowest BCUT2D eigenvalue weighted by Gasteiger charge is -2.14. The molecule has 0 radical (unpaired) electrons. The van der Waals surface area contributed by atoms with Gasteiger partial charge in [-0.15, -0.1) is 0 Å². The minimum Gasteiger partial charge on any atom is -0.186 e. The Hall–Kier alpha value is -0.290. The van der Waals surface area contributed by atoms with Crippen molar-refractivity contribution < 1.29 is 8.42 Å². The highest BCUT2D eigenvalue weighted by molar-refractivity contribution is 7.88. The second-order valence-electron chi connectivity index (χ2n) is 2.15. The van der Waals surface area contributed by atoms with Crippen LogP contribution < -0.4 is 0 Å². The summed E-state index contributed by atoms with van der Waals surface area (Å²) in [6, 6.07) is 0. The molecule has 12 heavy (non-hydrogen) atoms. The molecule has 0 saturated carbocycles. The zero-order chi connectivity index (χ0) is 9.61. The Kier molecular flexibility index (Phi) is 5.24. The van der Waals surface area contributed by atoms with Crippen molar-refractivity contribution in [3.8, 4) is 0 Å². The van der Waals surface area contributed by atoms with Crippen molar-refractivity contribution in [1.82, 2.24) is 4.31 Å². The molecule has 70 valence electrons. The molecule has 0 unspecified atom stereocenters. The number of thiocarbonyl (C=S) groups is 1. The maximum absolute atomic E-state index is 11.2. The zero-order valence-electron chi connectivity index (χ0n) is 7.15. The fourth-order valence-corrected chi connectivity index (χ4v) is 2.02. The van der Waals surface area contributed by atoms with Gasteiger partial charge >= 0.3 is 10.2 Å². The van der Waals surface area contributed by atoms with Crippen LogP contribution in [0.25, 0.3) is 0 Å². The van der Waals surface area contributed by atoms with E-state index in [0.717, 1.165) is 6.42 Å². The van der Waals surface area contributed by atoms with Crippen molar-refractivity contribution in [3.63, 3.8) is 0 Å². The van der Waals surface area contributed by atoms with Crippen LogP contribution in [0, 0.1) is 0 Å². The molecular formula is C6H12N2O2S2. The first-order valence-corrected chi connectivity index (χ1v) is 5.48. The van der Waals surface area contributed by atoms with Crippen LogP contribution in [0.2, 0.25) is 0 Å². The van der Waals surface area contributed by atoms with Crippen LogP contribution in [0.1, 0.15) is 20.3 Å². The minimum absolute atomic E-state index is 0.413. The Balaban J connectivity index is 4.60. The fraction of sp³-hybridized carbons (Fsp3) is 0.833. The zero-order valence-corrected chi connectivity index (χ0v) is 8.78. The summed E-state index contributed by atoms with van der Waals surface area (Å²) in [5.41, 5.74) is 0. The van der Waals surface area contributed by atoms with Gasteiger partial charge in [-0.25, -0.2) is 0 Å². The van der Waals surface area contributed by atoms with Gasteiger partial charge in [0, 0.05) is 13.1 Å². The molecule has 0 rings (SSSR count). The van der Waals surface area contributed by atoms with Gasteiger partial charge in [0.1, 0.15) is 0 Å². The van der Waals surface area contributed by atoms with Crippen molar-refractivity contribution in [1.29, 1.82) is 0 Å². The Morgan fingerprint density at radius 1 is 1.50 bits per heavy atom. The maximum atomic E-state index is 11.2. The average Bonchev–Trinajstić information content (AvgIpc) is 1.99. The van der Waals surface area contributed by atoms with Gasteiger partial charge in [-0.2, -0.15) is 12.7 Å². The van der Waals surface area contributed by atoms with Crippen LogP contribution in [0.4, 0.5) is 0 Å². The second kappa shape index (κ2) is 5.37. The first-order chi connectivity index (χ1) is 5.58. The van der Waals surface area contributed by atoms with Crippen LogP contribution in [0.5, 0.6) is 0 Å². The van der Waals surface area contributed by atoms with Gasteiger partial charge in [0.25, 0.3) is 0 Å². The quantitative estimate of drug-likeness (QED) is 0.501. The highest BCUT2D eigenvalue weighted by Crippen LogP contribution is 2.02. The summed E-state index contributed by atoms with van der Waals surface area (Å²) < 4.78 is 26.7.